The van der Waals surface area contributed by atoms with Gasteiger partial charge >= 0.3 is 0 Å². The summed E-state index contributed by atoms with van der Waals surface area (Å²) in [4.78, 5) is 10.9. The molecule has 20 heavy (non-hydrogen) atoms. The molecular formula is C14H15ClN4S. The number of rotatable bonds is 4. The van der Waals surface area contributed by atoms with Crippen LogP contribution in [0.4, 0.5) is 5.95 Å². The van der Waals surface area contributed by atoms with E-state index in [1.165, 1.54) is 0 Å². The molecular weight excluding hydrogens is 292 g/mol. The van der Waals surface area contributed by atoms with Gasteiger partial charge in [0.1, 0.15) is 10.7 Å². The van der Waals surface area contributed by atoms with Crippen molar-refractivity contribution in [3.8, 4) is 0 Å². The standard InChI is InChI=1S/C14H15ClN4S/c1-9-7-12(13(16)20)18-14(17-9)19(2)8-10-5-3-4-6-11(10)15/h3-7H,8H2,1-2H3,(H2,16,20). The van der Waals surface area contributed by atoms with Gasteiger partial charge in [0, 0.05) is 24.3 Å². The number of halogens is 1. The van der Waals surface area contributed by atoms with E-state index < -0.39 is 0 Å². The summed E-state index contributed by atoms with van der Waals surface area (Å²) in [5, 5.41) is 0.724. The Labute approximate surface area is 128 Å². The van der Waals surface area contributed by atoms with Gasteiger partial charge in [-0.25, -0.2) is 9.97 Å². The van der Waals surface area contributed by atoms with Crippen molar-refractivity contribution in [1.82, 2.24) is 9.97 Å². The van der Waals surface area contributed by atoms with Crippen LogP contribution >= 0.6 is 23.8 Å². The van der Waals surface area contributed by atoms with E-state index in [2.05, 4.69) is 9.97 Å². The van der Waals surface area contributed by atoms with Gasteiger partial charge in [0.25, 0.3) is 0 Å². The van der Waals surface area contributed by atoms with E-state index in [0.717, 1.165) is 16.3 Å². The van der Waals surface area contributed by atoms with E-state index in [4.69, 9.17) is 29.6 Å². The fraction of sp³-hybridized carbons (Fsp3) is 0.214. The molecule has 2 rings (SSSR count). The molecule has 0 saturated heterocycles. The molecule has 0 aliphatic carbocycles. The van der Waals surface area contributed by atoms with E-state index in [1.54, 1.807) is 6.07 Å². The van der Waals surface area contributed by atoms with Gasteiger partial charge in [-0.1, -0.05) is 42.0 Å². The average molecular weight is 307 g/mol. The maximum absolute atomic E-state index is 6.16. The van der Waals surface area contributed by atoms with E-state index in [0.29, 0.717) is 18.2 Å². The van der Waals surface area contributed by atoms with Gasteiger partial charge in [-0.15, -0.1) is 0 Å². The highest BCUT2D eigenvalue weighted by Crippen LogP contribution is 2.19. The maximum Gasteiger partial charge on any atom is 0.226 e. The Hall–Kier alpha value is -1.72. The smallest absolute Gasteiger partial charge is 0.226 e. The van der Waals surface area contributed by atoms with Gasteiger partial charge in [-0.05, 0) is 24.6 Å². The number of hydrogen-bond acceptors (Lipinski definition) is 4. The molecule has 0 fully saturated rings. The van der Waals surface area contributed by atoms with Gasteiger partial charge in [-0.2, -0.15) is 0 Å². The van der Waals surface area contributed by atoms with Crippen LogP contribution in [0.15, 0.2) is 30.3 Å². The third-order valence-corrected chi connectivity index (χ3v) is 3.38. The lowest BCUT2D eigenvalue weighted by atomic mass is 10.2. The molecule has 0 saturated carbocycles. The molecule has 0 spiro atoms. The SMILES string of the molecule is Cc1cc(C(N)=S)nc(N(C)Cc2ccccc2Cl)n1. The Morgan fingerprint density at radius 3 is 2.70 bits per heavy atom. The summed E-state index contributed by atoms with van der Waals surface area (Å²) in [5.41, 5.74) is 8.04. The highest BCUT2D eigenvalue weighted by Gasteiger charge is 2.10. The number of benzene rings is 1. The Morgan fingerprint density at radius 2 is 2.05 bits per heavy atom. The second-order valence-corrected chi connectivity index (χ2v) is 5.35. The normalized spacial score (nSPS) is 10.3. The van der Waals surface area contributed by atoms with Crippen LogP contribution in [-0.2, 0) is 6.54 Å². The number of aromatic nitrogens is 2. The largest absolute Gasteiger partial charge is 0.388 e. The Morgan fingerprint density at radius 1 is 1.35 bits per heavy atom. The zero-order chi connectivity index (χ0) is 14.7. The molecule has 0 unspecified atom stereocenters. The maximum atomic E-state index is 6.16. The minimum atomic E-state index is 0.267. The lowest BCUT2D eigenvalue weighted by Crippen LogP contribution is -2.22. The fourth-order valence-electron chi connectivity index (χ4n) is 1.80. The van der Waals surface area contributed by atoms with Crippen molar-refractivity contribution in [3.63, 3.8) is 0 Å². The number of nitrogens with two attached hydrogens (primary N) is 1. The summed E-state index contributed by atoms with van der Waals surface area (Å²) in [6, 6.07) is 9.47. The van der Waals surface area contributed by atoms with Gasteiger partial charge in [0.15, 0.2) is 0 Å². The van der Waals surface area contributed by atoms with Crippen molar-refractivity contribution in [2.75, 3.05) is 11.9 Å². The molecule has 0 amide bonds. The summed E-state index contributed by atoms with van der Waals surface area (Å²) in [5.74, 6) is 0.577. The van der Waals surface area contributed by atoms with Crippen LogP contribution < -0.4 is 10.6 Å². The molecule has 2 aromatic rings. The number of nitrogens with zero attached hydrogens (tertiary/aromatic N) is 3. The molecule has 4 nitrogen and oxygen atoms in total. The number of aryl methyl sites for hydroxylation is 1. The molecule has 1 aromatic carbocycles. The minimum Gasteiger partial charge on any atom is -0.388 e. The van der Waals surface area contributed by atoms with Gasteiger partial charge < -0.3 is 10.6 Å². The topological polar surface area (TPSA) is 55.0 Å². The lowest BCUT2D eigenvalue weighted by molar-refractivity contribution is 0.858. The Kier molecular flexibility index (Phi) is 4.52. The zero-order valence-corrected chi connectivity index (χ0v) is 12.9. The fourth-order valence-corrected chi connectivity index (χ4v) is 2.10. The number of thiocarbonyl (C=S) groups is 1. The van der Waals surface area contributed by atoms with Crippen LogP contribution in [0.1, 0.15) is 17.0 Å². The lowest BCUT2D eigenvalue weighted by Gasteiger charge is -2.18. The predicted octanol–water partition coefficient (Wildman–Crippen LogP) is 2.71. The molecule has 104 valence electrons. The molecule has 2 N–H and O–H groups in total. The summed E-state index contributed by atoms with van der Waals surface area (Å²) in [7, 11) is 1.90. The van der Waals surface area contributed by atoms with Crippen LogP contribution in [0, 0.1) is 6.92 Å². The van der Waals surface area contributed by atoms with Gasteiger partial charge in [0.2, 0.25) is 5.95 Å². The van der Waals surface area contributed by atoms with Crippen molar-refractivity contribution < 1.29 is 0 Å². The minimum absolute atomic E-state index is 0.267. The summed E-state index contributed by atoms with van der Waals surface area (Å²) >= 11 is 11.1. The van der Waals surface area contributed by atoms with Crippen molar-refractivity contribution in [1.29, 1.82) is 0 Å². The molecule has 1 aromatic heterocycles. The van der Waals surface area contributed by atoms with Crippen molar-refractivity contribution in [2.24, 2.45) is 5.73 Å². The first-order valence-electron chi connectivity index (χ1n) is 6.07. The summed E-state index contributed by atoms with van der Waals surface area (Å²) in [6.07, 6.45) is 0. The summed E-state index contributed by atoms with van der Waals surface area (Å²) < 4.78 is 0. The van der Waals surface area contributed by atoms with Crippen molar-refractivity contribution in [3.05, 3.63) is 52.3 Å². The summed E-state index contributed by atoms with van der Waals surface area (Å²) in [6.45, 7) is 2.50. The van der Waals surface area contributed by atoms with Crippen LogP contribution in [0.25, 0.3) is 0 Å². The van der Waals surface area contributed by atoms with Crippen LogP contribution in [0.3, 0.4) is 0 Å². The second kappa shape index (κ2) is 6.15. The molecule has 0 bridgehead atoms. The van der Waals surface area contributed by atoms with Crippen molar-refractivity contribution >= 4 is 34.8 Å². The highest BCUT2D eigenvalue weighted by molar-refractivity contribution is 7.80. The quantitative estimate of drug-likeness (QED) is 0.880. The average Bonchev–Trinajstić information content (AvgIpc) is 2.40. The van der Waals surface area contributed by atoms with Crippen LogP contribution in [-0.4, -0.2) is 22.0 Å². The highest BCUT2D eigenvalue weighted by atomic mass is 35.5. The molecule has 0 atom stereocenters. The molecule has 0 aliphatic rings. The first kappa shape index (κ1) is 14.7. The van der Waals surface area contributed by atoms with Crippen LogP contribution in [0.2, 0.25) is 5.02 Å². The third-order valence-electron chi connectivity index (χ3n) is 2.80. The Bertz CT molecular complexity index is 645. The second-order valence-electron chi connectivity index (χ2n) is 4.51. The van der Waals surface area contributed by atoms with E-state index >= 15 is 0 Å². The van der Waals surface area contributed by atoms with Crippen LogP contribution in [0.5, 0.6) is 0 Å². The predicted molar refractivity (Wildman–Crippen MR) is 86.2 cm³/mol. The molecule has 6 heteroatoms. The number of hydrogen-bond donors (Lipinski definition) is 1. The monoisotopic (exact) mass is 306 g/mol. The zero-order valence-electron chi connectivity index (χ0n) is 11.3. The first-order chi connectivity index (χ1) is 9.47. The molecule has 0 radical (unpaired) electrons. The van der Waals surface area contributed by atoms with Gasteiger partial charge in [-0.3, -0.25) is 0 Å². The molecule has 1 heterocycles. The third kappa shape index (κ3) is 3.43. The Balaban J connectivity index is 2.27. The first-order valence-corrected chi connectivity index (χ1v) is 6.86. The van der Waals surface area contributed by atoms with E-state index in [9.17, 15) is 0 Å². The van der Waals surface area contributed by atoms with Crippen molar-refractivity contribution in [2.45, 2.75) is 13.5 Å². The molecule has 0 aliphatic heterocycles. The number of anilines is 1. The van der Waals surface area contributed by atoms with E-state index in [-0.39, 0.29) is 4.99 Å². The van der Waals surface area contributed by atoms with Gasteiger partial charge in [0.05, 0.1) is 0 Å². The van der Waals surface area contributed by atoms with E-state index in [1.807, 2.05) is 43.1 Å².